The Hall–Kier alpha value is -2.96. The van der Waals surface area contributed by atoms with Crippen molar-refractivity contribution in [2.45, 2.75) is 13.8 Å². The van der Waals surface area contributed by atoms with Crippen molar-refractivity contribution < 1.29 is 24.0 Å². The van der Waals surface area contributed by atoms with E-state index in [1.807, 2.05) is 0 Å². The van der Waals surface area contributed by atoms with E-state index >= 15 is 0 Å². The van der Waals surface area contributed by atoms with Crippen molar-refractivity contribution in [1.82, 2.24) is 0 Å². The first-order valence-electron chi connectivity index (χ1n) is 7.05. The second-order valence-electron chi connectivity index (χ2n) is 4.56. The van der Waals surface area contributed by atoms with Crippen LogP contribution in [-0.2, 0) is 9.47 Å². The van der Waals surface area contributed by atoms with E-state index < -0.39 is 16.9 Å². The van der Waals surface area contributed by atoms with Crippen LogP contribution in [0.1, 0.15) is 34.6 Å². The molecule has 0 N–H and O–H groups in total. The van der Waals surface area contributed by atoms with E-state index in [4.69, 9.17) is 9.47 Å². The standard InChI is InChI=1S/C16H15NO6/c1-3-22-15(18)11-8-9-12(16(19)23-4-2)14-10(11)6-5-7-13(14)17(20)21/h5-9H,3-4H2,1-2H3. The van der Waals surface area contributed by atoms with Gasteiger partial charge in [0, 0.05) is 11.5 Å². The van der Waals surface area contributed by atoms with Gasteiger partial charge in [0.2, 0.25) is 0 Å². The molecule has 7 nitrogen and oxygen atoms in total. The van der Waals surface area contributed by atoms with Gasteiger partial charge in [0.05, 0.1) is 34.7 Å². The second kappa shape index (κ2) is 6.87. The maximum absolute atomic E-state index is 12.1. The van der Waals surface area contributed by atoms with Crippen LogP contribution >= 0.6 is 0 Å². The number of nitro benzene ring substituents is 1. The molecule has 0 unspecified atom stereocenters. The summed E-state index contributed by atoms with van der Waals surface area (Å²) >= 11 is 0. The van der Waals surface area contributed by atoms with Gasteiger partial charge in [-0.2, -0.15) is 0 Å². The molecule has 0 heterocycles. The highest BCUT2D eigenvalue weighted by atomic mass is 16.6. The Balaban J connectivity index is 2.79. The molecule has 2 aromatic rings. The summed E-state index contributed by atoms with van der Waals surface area (Å²) in [5.74, 6) is -1.28. The predicted octanol–water partition coefficient (Wildman–Crippen LogP) is 3.10. The monoisotopic (exact) mass is 317 g/mol. The van der Waals surface area contributed by atoms with Crippen molar-refractivity contribution in [3.8, 4) is 0 Å². The minimum atomic E-state index is -0.679. The van der Waals surface area contributed by atoms with Crippen LogP contribution in [0.4, 0.5) is 5.69 Å². The van der Waals surface area contributed by atoms with Crippen LogP contribution < -0.4 is 0 Å². The zero-order chi connectivity index (χ0) is 17.0. The number of esters is 2. The summed E-state index contributed by atoms with van der Waals surface area (Å²) in [5, 5.41) is 11.6. The third-order valence-electron chi connectivity index (χ3n) is 3.21. The van der Waals surface area contributed by atoms with Crippen molar-refractivity contribution in [3.63, 3.8) is 0 Å². The number of hydrogen-bond donors (Lipinski definition) is 0. The average Bonchev–Trinajstić information content (AvgIpc) is 2.53. The van der Waals surface area contributed by atoms with Gasteiger partial charge in [-0.05, 0) is 26.0 Å². The Morgan fingerprint density at radius 1 is 1.00 bits per heavy atom. The van der Waals surface area contributed by atoms with Crippen molar-refractivity contribution in [2.75, 3.05) is 13.2 Å². The van der Waals surface area contributed by atoms with Gasteiger partial charge in [0.25, 0.3) is 5.69 Å². The van der Waals surface area contributed by atoms with Crippen molar-refractivity contribution in [3.05, 3.63) is 51.6 Å². The summed E-state index contributed by atoms with van der Waals surface area (Å²) in [6.07, 6.45) is 0. The molecule has 0 aliphatic heterocycles. The molecule has 0 bridgehead atoms. The number of carbonyl (C=O) groups excluding carboxylic acids is 2. The fourth-order valence-electron chi connectivity index (χ4n) is 2.31. The Bertz CT molecular complexity index is 783. The molecular formula is C16H15NO6. The normalized spacial score (nSPS) is 10.3. The summed E-state index contributed by atoms with van der Waals surface area (Å²) in [6.45, 7) is 3.62. The topological polar surface area (TPSA) is 95.7 Å². The van der Waals surface area contributed by atoms with Crippen LogP contribution in [-0.4, -0.2) is 30.1 Å². The third-order valence-corrected chi connectivity index (χ3v) is 3.21. The summed E-state index contributed by atoms with van der Waals surface area (Å²) in [5.41, 5.74) is -0.0579. The van der Waals surface area contributed by atoms with Crippen LogP contribution in [0.15, 0.2) is 30.3 Å². The van der Waals surface area contributed by atoms with Gasteiger partial charge in [-0.3, -0.25) is 10.1 Å². The van der Waals surface area contributed by atoms with E-state index in [9.17, 15) is 19.7 Å². The Morgan fingerprint density at radius 2 is 1.57 bits per heavy atom. The highest BCUT2D eigenvalue weighted by Crippen LogP contribution is 2.32. The lowest BCUT2D eigenvalue weighted by molar-refractivity contribution is -0.383. The zero-order valence-electron chi connectivity index (χ0n) is 12.7. The highest BCUT2D eigenvalue weighted by molar-refractivity contribution is 6.14. The van der Waals surface area contributed by atoms with E-state index in [2.05, 4.69) is 0 Å². The quantitative estimate of drug-likeness (QED) is 0.477. The van der Waals surface area contributed by atoms with Crippen LogP contribution in [0.5, 0.6) is 0 Å². The number of fused-ring (bicyclic) bond motifs is 1. The molecule has 0 atom stereocenters. The maximum atomic E-state index is 12.1. The SMILES string of the molecule is CCOC(=O)c1ccc(C(=O)OCC)c2c([N+](=O)[O-])cccc12. The molecule has 0 amide bonds. The van der Waals surface area contributed by atoms with Gasteiger partial charge < -0.3 is 9.47 Å². The van der Waals surface area contributed by atoms with Gasteiger partial charge >= 0.3 is 11.9 Å². The fraction of sp³-hybridized carbons (Fsp3) is 0.250. The number of carbonyl (C=O) groups is 2. The van der Waals surface area contributed by atoms with E-state index in [-0.39, 0.29) is 40.8 Å². The molecule has 0 fully saturated rings. The summed E-state index contributed by atoms with van der Waals surface area (Å²) in [6, 6.07) is 7.03. The molecule has 120 valence electrons. The van der Waals surface area contributed by atoms with Gasteiger partial charge in [-0.1, -0.05) is 12.1 Å². The molecule has 0 aromatic heterocycles. The molecule has 0 spiro atoms. The number of non-ortho nitro benzene ring substituents is 1. The molecule has 0 radical (unpaired) electrons. The van der Waals surface area contributed by atoms with Crippen molar-refractivity contribution in [2.24, 2.45) is 0 Å². The molecular weight excluding hydrogens is 302 g/mol. The predicted molar refractivity (Wildman–Crippen MR) is 82.5 cm³/mol. The van der Waals surface area contributed by atoms with Gasteiger partial charge in [-0.25, -0.2) is 9.59 Å². The molecule has 23 heavy (non-hydrogen) atoms. The summed E-state index contributed by atoms with van der Waals surface area (Å²) < 4.78 is 9.90. The number of nitro groups is 1. The molecule has 0 saturated carbocycles. The number of hydrogen-bond acceptors (Lipinski definition) is 6. The smallest absolute Gasteiger partial charge is 0.339 e. The molecule has 0 aliphatic carbocycles. The molecule has 7 heteroatoms. The number of ether oxygens (including phenoxy) is 2. The largest absolute Gasteiger partial charge is 0.462 e. The molecule has 2 aromatic carbocycles. The third kappa shape index (κ3) is 3.13. The molecule has 2 rings (SSSR count). The Morgan fingerprint density at radius 3 is 2.13 bits per heavy atom. The molecule has 0 saturated heterocycles. The first-order valence-corrected chi connectivity index (χ1v) is 7.05. The van der Waals surface area contributed by atoms with Crippen molar-refractivity contribution in [1.29, 1.82) is 0 Å². The van der Waals surface area contributed by atoms with Gasteiger partial charge in [-0.15, -0.1) is 0 Å². The van der Waals surface area contributed by atoms with Crippen LogP contribution in [0.3, 0.4) is 0 Å². The average molecular weight is 317 g/mol. The van der Waals surface area contributed by atoms with Crippen LogP contribution in [0, 0.1) is 10.1 Å². The first-order chi connectivity index (χ1) is 11.0. The number of rotatable bonds is 5. The Kier molecular flexibility index (Phi) is 4.90. The number of nitrogens with zero attached hydrogens (tertiary/aromatic N) is 1. The van der Waals surface area contributed by atoms with E-state index in [0.717, 1.165) is 0 Å². The summed E-state index contributed by atoms with van der Waals surface area (Å²) in [4.78, 5) is 34.8. The van der Waals surface area contributed by atoms with E-state index in [1.165, 1.54) is 30.3 Å². The lowest BCUT2D eigenvalue weighted by atomic mass is 9.98. The van der Waals surface area contributed by atoms with Gasteiger partial charge in [0.1, 0.15) is 0 Å². The Labute approximate surface area is 132 Å². The first kappa shape index (κ1) is 16.4. The van der Waals surface area contributed by atoms with Crippen LogP contribution in [0.2, 0.25) is 0 Å². The summed E-state index contributed by atoms with van der Waals surface area (Å²) in [7, 11) is 0. The van der Waals surface area contributed by atoms with E-state index in [1.54, 1.807) is 13.8 Å². The highest BCUT2D eigenvalue weighted by Gasteiger charge is 2.24. The maximum Gasteiger partial charge on any atom is 0.339 e. The lowest BCUT2D eigenvalue weighted by Crippen LogP contribution is -2.10. The van der Waals surface area contributed by atoms with E-state index in [0.29, 0.717) is 0 Å². The van der Waals surface area contributed by atoms with Gasteiger partial charge in [0.15, 0.2) is 0 Å². The fourth-order valence-corrected chi connectivity index (χ4v) is 2.31. The second-order valence-corrected chi connectivity index (χ2v) is 4.56. The lowest BCUT2D eigenvalue weighted by Gasteiger charge is -2.10. The van der Waals surface area contributed by atoms with Crippen molar-refractivity contribution >= 4 is 28.4 Å². The number of benzene rings is 2. The van der Waals surface area contributed by atoms with Crippen LogP contribution in [0.25, 0.3) is 10.8 Å². The molecule has 0 aliphatic rings. The minimum absolute atomic E-state index is 0.0437. The zero-order valence-corrected chi connectivity index (χ0v) is 12.7. The minimum Gasteiger partial charge on any atom is -0.462 e.